The lowest BCUT2D eigenvalue weighted by Gasteiger charge is -2.24. The third-order valence-corrected chi connectivity index (χ3v) is 4.06. The van der Waals surface area contributed by atoms with Crippen molar-refractivity contribution in [2.45, 2.75) is 57.3 Å². The third kappa shape index (κ3) is 10.4. The van der Waals surface area contributed by atoms with Crippen molar-refractivity contribution in [2.24, 2.45) is 11.7 Å². The Morgan fingerprint density at radius 2 is 1.32 bits per heavy atom. The summed E-state index contributed by atoms with van der Waals surface area (Å²) < 4.78 is 0. The molecule has 0 aliphatic rings. The van der Waals surface area contributed by atoms with Crippen molar-refractivity contribution in [3.8, 4) is 0 Å². The Balaban J connectivity index is 5.24. The van der Waals surface area contributed by atoms with Crippen LogP contribution in [-0.4, -0.2) is 86.8 Å². The first-order valence-electron chi connectivity index (χ1n) is 9.24. The lowest BCUT2D eigenvalue weighted by molar-refractivity contribution is -0.144. The van der Waals surface area contributed by atoms with Crippen LogP contribution in [0, 0.1) is 5.92 Å². The normalized spacial score (nSPS) is 14.6. The van der Waals surface area contributed by atoms with E-state index in [-0.39, 0.29) is 6.42 Å². The van der Waals surface area contributed by atoms with Gasteiger partial charge in [-0.1, -0.05) is 13.8 Å². The highest BCUT2D eigenvalue weighted by atomic mass is 16.4. The first-order valence-corrected chi connectivity index (χ1v) is 9.24. The van der Waals surface area contributed by atoms with Crippen LogP contribution in [0.1, 0.15) is 33.1 Å². The fourth-order valence-electron chi connectivity index (χ4n) is 2.31. The highest BCUT2D eigenvalue weighted by molar-refractivity contribution is 5.95. The van der Waals surface area contributed by atoms with Gasteiger partial charge in [0.2, 0.25) is 17.7 Å². The second-order valence-electron chi connectivity index (χ2n) is 7.01. The minimum absolute atomic E-state index is 0.268. The standard InChI is InChI=1S/C17H28N4O10/c1-7(2)13(17(30)31)21-16(29)10(6-22)20-15(28)9(5-12(25)26)19-14(27)8(18)3-4-11(23)24/h7-10,13,22H,3-6,18H2,1-2H3,(H,19,27)(H,20,28)(H,21,29)(H,23,24)(H,25,26)(H,30,31). The second-order valence-corrected chi connectivity index (χ2v) is 7.01. The number of carboxylic acids is 3. The molecule has 14 nitrogen and oxygen atoms in total. The molecular formula is C17H28N4O10. The number of carbonyl (C=O) groups is 6. The average Bonchev–Trinajstić information content (AvgIpc) is 2.66. The molecule has 0 radical (unpaired) electrons. The predicted molar refractivity (Wildman–Crippen MR) is 102 cm³/mol. The number of aliphatic hydroxyl groups excluding tert-OH is 1. The van der Waals surface area contributed by atoms with Gasteiger partial charge < -0.3 is 42.1 Å². The van der Waals surface area contributed by atoms with E-state index in [1.54, 1.807) is 0 Å². The van der Waals surface area contributed by atoms with E-state index in [4.69, 9.17) is 21.1 Å². The van der Waals surface area contributed by atoms with Crippen LogP contribution in [0.3, 0.4) is 0 Å². The first kappa shape index (κ1) is 27.7. The Morgan fingerprint density at radius 1 is 0.806 bits per heavy atom. The van der Waals surface area contributed by atoms with Crippen LogP contribution < -0.4 is 21.7 Å². The Bertz CT molecular complexity index is 696. The van der Waals surface area contributed by atoms with E-state index in [0.29, 0.717) is 0 Å². The van der Waals surface area contributed by atoms with Crippen molar-refractivity contribution in [3.63, 3.8) is 0 Å². The van der Waals surface area contributed by atoms with Gasteiger partial charge in [-0.05, 0) is 12.3 Å². The molecule has 0 bridgehead atoms. The molecule has 0 fully saturated rings. The van der Waals surface area contributed by atoms with Crippen LogP contribution in [0.25, 0.3) is 0 Å². The van der Waals surface area contributed by atoms with Gasteiger partial charge in [-0.15, -0.1) is 0 Å². The number of nitrogens with one attached hydrogen (secondary N) is 3. The molecule has 0 aliphatic carbocycles. The molecule has 4 unspecified atom stereocenters. The van der Waals surface area contributed by atoms with Crippen LogP contribution in [0.5, 0.6) is 0 Å². The lowest BCUT2D eigenvalue weighted by Crippen LogP contribution is -2.58. The summed E-state index contributed by atoms with van der Waals surface area (Å²) in [6, 6.07) is -5.95. The van der Waals surface area contributed by atoms with E-state index in [0.717, 1.165) is 0 Å². The van der Waals surface area contributed by atoms with Crippen molar-refractivity contribution < 1.29 is 49.2 Å². The smallest absolute Gasteiger partial charge is 0.326 e. The minimum atomic E-state index is -1.69. The van der Waals surface area contributed by atoms with Crippen molar-refractivity contribution in [1.82, 2.24) is 16.0 Å². The summed E-state index contributed by atoms with van der Waals surface area (Å²) >= 11 is 0. The van der Waals surface area contributed by atoms with E-state index in [1.807, 2.05) is 5.32 Å². The molecule has 176 valence electrons. The van der Waals surface area contributed by atoms with Crippen molar-refractivity contribution in [1.29, 1.82) is 0 Å². The van der Waals surface area contributed by atoms with Crippen LogP contribution in [0.2, 0.25) is 0 Å². The number of aliphatic carboxylic acids is 3. The van der Waals surface area contributed by atoms with Gasteiger partial charge in [0.05, 0.1) is 19.1 Å². The molecule has 0 saturated carbocycles. The van der Waals surface area contributed by atoms with Gasteiger partial charge in [-0.3, -0.25) is 24.0 Å². The summed E-state index contributed by atoms with van der Waals surface area (Å²) in [5.41, 5.74) is 5.52. The second kappa shape index (κ2) is 13.1. The van der Waals surface area contributed by atoms with Crippen LogP contribution in [0.15, 0.2) is 0 Å². The quantitative estimate of drug-likeness (QED) is 0.132. The van der Waals surface area contributed by atoms with Crippen molar-refractivity contribution in [3.05, 3.63) is 0 Å². The average molecular weight is 448 g/mol. The fraction of sp³-hybridized carbons (Fsp3) is 0.647. The monoisotopic (exact) mass is 448 g/mol. The summed E-state index contributed by atoms with van der Waals surface area (Å²) in [4.78, 5) is 69.4. The molecule has 4 atom stereocenters. The van der Waals surface area contributed by atoms with Crippen LogP contribution in [-0.2, 0) is 28.8 Å². The fourth-order valence-corrected chi connectivity index (χ4v) is 2.31. The molecule has 14 heteroatoms. The number of carbonyl (C=O) groups excluding carboxylic acids is 3. The molecule has 0 saturated heterocycles. The van der Waals surface area contributed by atoms with E-state index in [9.17, 15) is 33.9 Å². The maximum absolute atomic E-state index is 12.4. The van der Waals surface area contributed by atoms with E-state index in [1.165, 1.54) is 13.8 Å². The molecule has 0 aliphatic heterocycles. The summed E-state index contributed by atoms with van der Waals surface area (Å²) in [5.74, 6) is -7.70. The summed E-state index contributed by atoms with van der Waals surface area (Å²) in [7, 11) is 0. The van der Waals surface area contributed by atoms with Gasteiger partial charge in [0.25, 0.3) is 0 Å². The van der Waals surface area contributed by atoms with Crippen molar-refractivity contribution >= 4 is 35.6 Å². The topological polar surface area (TPSA) is 245 Å². The van der Waals surface area contributed by atoms with Crippen molar-refractivity contribution in [2.75, 3.05) is 6.61 Å². The Labute approximate surface area is 177 Å². The molecule has 0 aromatic carbocycles. The molecule has 0 spiro atoms. The van der Waals surface area contributed by atoms with E-state index < -0.39 is 85.2 Å². The zero-order chi connectivity index (χ0) is 24.3. The van der Waals surface area contributed by atoms with Crippen LogP contribution >= 0.6 is 0 Å². The largest absolute Gasteiger partial charge is 0.481 e. The zero-order valence-electron chi connectivity index (χ0n) is 17.0. The number of nitrogens with two attached hydrogens (primary N) is 1. The van der Waals surface area contributed by atoms with E-state index >= 15 is 0 Å². The molecule has 31 heavy (non-hydrogen) atoms. The van der Waals surface area contributed by atoms with Gasteiger partial charge in [0.1, 0.15) is 18.1 Å². The lowest BCUT2D eigenvalue weighted by atomic mass is 10.0. The molecule has 9 N–H and O–H groups in total. The van der Waals surface area contributed by atoms with Gasteiger partial charge >= 0.3 is 17.9 Å². The number of hydrogen-bond donors (Lipinski definition) is 8. The van der Waals surface area contributed by atoms with Gasteiger partial charge in [0.15, 0.2) is 0 Å². The molecule has 0 aromatic rings. The zero-order valence-corrected chi connectivity index (χ0v) is 17.0. The molecule has 3 amide bonds. The van der Waals surface area contributed by atoms with Gasteiger partial charge in [-0.25, -0.2) is 4.79 Å². The maximum atomic E-state index is 12.4. The number of hydrogen-bond acceptors (Lipinski definition) is 8. The Hall–Kier alpha value is -3.26. The Kier molecular flexibility index (Phi) is 11.7. The number of carboxylic acid groups (broad SMARTS) is 3. The molecule has 0 rings (SSSR count). The first-order chi connectivity index (χ1) is 14.3. The number of rotatable bonds is 14. The molecule has 0 aromatic heterocycles. The summed E-state index contributed by atoms with van der Waals surface area (Å²) in [5, 5.41) is 42.3. The highest BCUT2D eigenvalue weighted by Gasteiger charge is 2.32. The number of aliphatic hydroxyl groups is 1. The van der Waals surface area contributed by atoms with Crippen LogP contribution in [0.4, 0.5) is 0 Å². The highest BCUT2D eigenvalue weighted by Crippen LogP contribution is 2.03. The number of amides is 3. The Morgan fingerprint density at radius 3 is 1.74 bits per heavy atom. The summed E-state index contributed by atoms with van der Waals surface area (Å²) in [6.07, 6.45) is -1.60. The van der Waals surface area contributed by atoms with Gasteiger partial charge in [-0.2, -0.15) is 0 Å². The molecular weight excluding hydrogens is 420 g/mol. The maximum Gasteiger partial charge on any atom is 0.326 e. The SMILES string of the molecule is CC(C)C(NC(=O)C(CO)NC(=O)C(CC(=O)O)NC(=O)C(N)CCC(=O)O)C(=O)O. The minimum Gasteiger partial charge on any atom is -0.481 e. The van der Waals surface area contributed by atoms with Gasteiger partial charge in [0, 0.05) is 6.42 Å². The predicted octanol–water partition coefficient (Wildman–Crippen LogP) is -3.16. The third-order valence-electron chi connectivity index (χ3n) is 4.06. The summed E-state index contributed by atoms with van der Waals surface area (Å²) in [6.45, 7) is 2.11. The molecule has 0 heterocycles. The van der Waals surface area contributed by atoms with E-state index in [2.05, 4.69) is 10.6 Å².